The highest BCUT2D eigenvalue weighted by Gasteiger charge is 2.46. The minimum atomic E-state index is -0.285. The predicted molar refractivity (Wildman–Crippen MR) is 119 cm³/mol. The zero-order valence-corrected chi connectivity index (χ0v) is 18.4. The molecule has 2 amide bonds. The number of aromatic nitrogens is 1. The third kappa shape index (κ3) is 3.86. The largest absolute Gasteiger partial charge is 0.378 e. The number of pyridine rings is 1. The molecule has 0 spiro atoms. The van der Waals surface area contributed by atoms with E-state index in [2.05, 4.69) is 5.32 Å². The van der Waals surface area contributed by atoms with E-state index in [4.69, 9.17) is 4.74 Å². The highest BCUT2D eigenvalue weighted by molar-refractivity contribution is 5.96. The Kier molecular flexibility index (Phi) is 5.59. The molecular formula is C25H29N3O4. The molecule has 5 rings (SSSR count). The summed E-state index contributed by atoms with van der Waals surface area (Å²) in [6, 6.07) is 10.1. The third-order valence-electron chi connectivity index (χ3n) is 7.21. The minimum Gasteiger partial charge on any atom is -0.378 e. The fraction of sp³-hybridized carbons (Fsp3) is 0.480. The van der Waals surface area contributed by atoms with Gasteiger partial charge in [-0.15, -0.1) is 0 Å². The summed E-state index contributed by atoms with van der Waals surface area (Å²) in [4.78, 5) is 40.5. The first kappa shape index (κ1) is 20.9. The average Bonchev–Trinajstić information content (AvgIpc) is 3.17. The number of amides is 2. The summed E-state index contributed by atoms with van der Waals surface area (Å²) in [5.74, 6) is 0.0735. The van der Waals surface area contributed by atoms with Crippen molar-refractivity contribution in [3.63, 3.8) is 0 Å². The molecule has 2 aliphatic heterocycles. The molecule has 0 radical (unpaired) electrons. The molecule has 1 aromatic carbocycles. The summed E-state index contributed by atoms with van der Waals surface area (Å²) in [5, 5.41) is 3.12. The Bertz CT molecular complexity index is 1090. The van der Waals surface area contributed by atoms with Gasteiger partial charge in [-0.2, -0.15) is 0 Å². The lowest BCUT2D eigenvalue weighted by molar-refractivity contribution is -0.129. The topological polar surface area (TPSA) is 80.6 Å². The number of aryl methyl sites for hydroxylation is 2. The van der Waals surface area contributed by atoms with Crippen LogP contribution < -0.4 is 10.9 Å². The molecule has 2 fully saturated rings. The number of hydrogen-bond acceptors (Lipinski definition) is 4. The van der Waals surface area contributed by atoms with Crippen molar-refractivity contribution < 1.29 is 14.3 Å². The first-order valence-electron chi connectivity index (χ1n) is 11.5. The molecule has 1 N–H and O–H groups in total. The van der Waals surface area contributed by atoms with Crippen molar-refractivity contribution in [1.29, 1.82) is 0 Å². The Morgan fingerprint density at radius 3 is 2.78 bits per heavy atom. The van der Waals surface area contributed by atoms with Crippen LogP contribution in [0.5, 0.6) is 0 Å². The van der Waals surface area contributed by atoms with Crippen LogP contribution in [0.3, 0.4) is 0 Å². The van der Waals surface area contributed by atoms with Gasteiger partial charge in [-0.1, -0.05) is 30.3 Å². The molecule has 0 unspecified atom stereocenters. The van der Waals surface area contributed by atoms with Crippen LogP contribution in [0.4, 0.5) is 0 Å². The van der Waals surface area contributed by atoms with Gasteiger partial charge in [-0.3, -0.25) is 14.4 Å². The minimum absolute atomic E-state index is 0.00503. The molecule has 3 aliphatic rings. The fourth-order valence-electron chi connectivity index (χ4n) is 5.28. The van der Waals surface area contributed by atoms with E-state index < -0.39 is 0 Å². The summed E-state index contributed by atoms with van der Waals surface area (Å²) in [5.41, 5.74) is 2.82. The van der Waals surface area contributed by atoms with Crippen molar-refractivity contribution in [1.82, 2.24) is 14.8 Å². The van der Waals surface area contributed by atoms with Crippen molar-refractivity contribution in [3.8, 4) is 0 Å². The number of hydrogen-bond donors (Lipinski definition) is 1. The normalized spacial score (nSPS) is 23.8. The van der Waals surface area contributed by atoms with Gasteiger partial charge >= 0.3 is 0 Å². The van der Waals surface area contributed by atoms with Crippen LogP contribution in [0, 0.1) is 5.92 Å². The zero-order chi connectivity index (χ0) is 22.2. The number of carbonyl (C=O) groups excluding carboxylic acids is 2. The van der Waals surface area contributed by atoms with Gasteiger partial charge in [-0.25, -0.2) is 0 Å². The lowest BCUT2D eigenvalue weighted by Crippen LogP contribution is -2.54. The van der Waals surface area contributed by atoms with Gasteiger partial charge in [0.15, 0.2) is 0 Å². The van der Waals surface area contributed by atoms with E-state index in [-0.39, 0.29) is 35.1 Å². The van der Waals surface area contributed by atoms with Crippen LogP contribution in [0.25, 0.3) is 0 Å². The lowest BCUT2D eigenvalue weighted by atomic mass is 9.76. The van der Waals surface area contributed by atoms with Gasteiger partial charge in [0.25, 0.3) is 11.5 Å². The Morgan fingerprint density at radius 2 is 2.03 bits per heavy atom. The second-order valence-electron chi connectivity index (χ2n) is 9.11. The summed E-state index contributed by atoms with van der Waals surface area (Å²) >= 11 is 0. The Balaban J connectivity index is 1.45. The van der Waals surface area contributed by atoms with Gasteiger partial charge < -0.3 is 19.5 Å². The number of nitrogens with one attached hydrogen (secondary N) is 1. The van der Waals surface area contributed by atoms with E-state index in [1.807, 2.05) is 36.5 Å². The monoisotopic (exact) mass is 435 g/mol. The number of carbonyl (C=O) groups is 2. The van der Waals surface area contributed by atoms with Crippen LogP contribution in [0.1, 0.15) is 46.8 Å². The van der Waals surface area contributed by atoms with Gasteiger partial charge in [0.05, 0.1) is 6.10 Å². The number of ether oxygens (including phenoxy) is 1. The zero-order valence-electron chi connectivity index (χ0n) is 18.4. The Hall–Kier alpha value is -2.93. The van der Waals surface area contributed by atoms with Gasteiger partial charge in [0.2, 0.25) is 5.91 Å². The molecule has 3 heterocycles. The summed E-state index contributed by atoms with van der Waals surface area (Å²) in [7, 11) is 0. The van der Waals surface area contributed by atoms with Crippen molar-refractivity contribution in [3.05, 3.63) is 69.1 Å². The molecule has 1 saturated carbocycles. The van der Waals surface area contributed by atoms with E-state index in [9.17, 15) is 14.4 Å². The first-order valence-corrected chi connectivity index (χ1v) is 11.5. The molecule has 3 atom stereocenters. The molecule has 7 heteroatoms. The first-order chi connectivity index (χ1) is 15.5. The van der Waals surface area contributed by atoms with Crippen LogP contribution in [0.15, 0.2) is 41.3 Å². The van der Waals surface area contributed by atoms with Crippen molar-refractivity contribution in [2.24, 2.45) is 5.92 Å². The Morgan fingerprint density at radius 1 is 1.22 bits per heavy atom. The quantitative estimate of drug-likeness (QED) is 0.778. The number of benzene rings is 1. The van der Waals surface area contributed by atoms with Gasteiger partial charge in [-0.05, 0) is 42.4 Å². The smallest absolute Gasteiger partial charge is 0.263 e. The summed E-state index contributed by atoms with van der Waals surface area (Å²) in [6.07, 6.45) is 5.07. The van der Waals surface area contributed by atoms with Crippen molar-refractivity contribution >= 4 is 11.8 Å². The standard InChI is InChI=1S/C25H29N3O4/c1-16(29)27-11-8-19-18(14-27)15-28(10-7-17-5-3-2-4-6-17)25(31)23(19)24(30)26-21-13-22-20(21)9-12-32-22/h2-6,15,20-22H,7-14H2,1H3,(H,26,30)/t20-,21+,22+/m0/s1. The predicted octanol–water partition coefficient (Wildman–Crippen LogP) is 1.90. The maximum atomic E-state index is 13.4. The molecule has 2 aromatic rings. The van der Waals surface area contributed by atoms with Crippen LogP contribution >= 0.6 is 0 Å². The second kappa shape index (κ2) is 8.54. The molecule has 1 aromatic heterocycles. The van der Waals surface area contributed by atoms with E-state index in [0.717, 1.165) is 36.1 Å². The lowest BCUT2D eigenvalue weighted by Gasteiger charge is -2.39. The van der Waals surface area contributed by atoms with Crippen LogP contribution in [-0.2, 0) is 35.5 Å². The number of rotatable bonds is 5. The molecule has 0 bridgehead atoms. The maximum absolute atomic E-state index is 13.4. The molecule has 32 heavy (non-hydrogen) atoms. The van der Waals surface area contributed by atoms with Crippen LogP contribution in [0.2, 0.25) is 0 Å². The van der Waals surface area contributed by atoms with Crippen molar-refractivity contribution in [2.45, 2.75) is 57.8 Å². The fourth-order valence-corrected chi connectivity index (χ4v) is 5.28. The van der Waals surface area contributed by atoms with E-state index in [1.54, 1.807) is 16.4 Å². The van der Waals surface area contributed by atoms with Gasteiger partial charge in [0, 0.05) is 51.3 Å². The Labute approximate surface area is 187 Å². The van der Waals surface area contributed by atoms with Crippen molar-refractivity contribution in [2.75, 3.05) is 13.2 Å². The summed E-state index contributed by atoms with van der Waals surface area (Å²) < 4.78 is 7.30. The second-order valence-corrected chi connectivity index (χ2v) is 9.11. The van der Waals surface area contributed by atoms with E-state index in [1.165, 1.54) is 0 Å². The highest BCUT2D eigenvalue weighted by atomic mass is 16.5. The molecule has 1 saturated heterocycles. The molecule has 168 valence electrons. The summed E-state index contributed by atoms with van der Waals surface area (Å²) in [6.45, 7) is 3.74. The average molecular weight is 436 g/mol. The highest BCUT2D eigenvalue weighted by Crippen LogP contribution is 2.38. The van der Waals surface area contributed by atoms with Gasteiger partial charge in [0.1, 0.15) is 5.56 Å². The molecule has 7 nitrogen and oxygen atoms in total. The third-order valence-corrected chi connectivity index (χ3v) is 7.21. The molecule has 1 aliphatic carbocycles. The number of fused-ring (bicyclic) bond motifs is 2. The SMILES string of the molecule is CC(=O)N1CCc2c(cn(CCc3ccccc3)c(=O)c2C(=O)N[C@@H]2C[C@H]3OCC[C@@H]23)C1. The number of nitrogens with zero attached hydrogens (tertiary/aromatic N) is 2. The maximum Gasteiger partial charge on any atom is 0.263 e. The molecular weight excluding hydrogens is 406 g/mol. The van der Waals surface area contributed by atoms with E-state index >= 15 is 0 Å². The van der Waals surface area contributed by atoms with Crippen LogP contribution in [-0.4, -0.2) is 46.6 Å². The van der Waals surface area contributed by atoms with E-state index in [0.29, 0.717) is 38.4 Å².